The molecule has 1 amide bonds. The fourth-order valence-corrected chi connectivity index (χ4v) is 3.10. The summed E-state index contributed by atoms with van der Waals surface area (Å²) in [5.41, 5.74) is 0.856. The van der Waals surface area contributed by atoms with Crippen molar-refractivity contribution in [3.05, 3.63) is 29.8 Å². The second kappa shape index (κ2) is 10.4. The second-order valence-corrected chi connectivity index (χ2v) is 8.29. The van der Waals surface area contributed by atoms with Crippen molar-refractivity contribution in [2.75, 3.05) is 6.26 Å². The van der Waals surface area contributed by atoms with Gasteiger partial charge in [0.25, 0.3) is 0 Å². The number of hydrogen-bond acceptors (Lipinski definition) is 4. The van der Waals surface area contributed by atoms with Crippen molar-refractivity contribution in [1.29, 1.82) is 0 Å². The van der Waals surface area contributed by atoms with Crippen molar-refractivity contribution in [1.82, 2.24) is 4.90 Å². The summed E-state index contributed by atoms with van der Waals surface area (Å²) >= 11 is 0. The monoisotopic (exact) mass is 369 g/mol. The van der Waals surface area contributed by atoms with Gasteiger partial charge in [0.05, 0.1) is 6.26 Å². The smallest absolute Gasteiger partial charge is 0.306 e. The van der Waals surface area contributed by atoms with Crippen LogP contribution in [0.25, 0.3) is 0 Å². The van der Waals surface area contributed by atoms with Gasteiger partial charge in [-0.3, -0.25) is 4.79 Å². The summed E-state index contributed by atoms with van der Waals surface area (Å²) in [4.78, 5) is 14.4. The molecule has 0 fully saturated rings. The predicted molar refractivity (Wildman–Crippen MR) is 101 cm³/mol. The van der Waals surface area contributed by atoms with Gasteiger partial charge in [0.2, 0.25) is 5.91 Å². The molecule has 1 rings (SSSR count). The maximum Gasteiger partial charge on any atom is 0.306 e. The Bertz CT molecular complexity index is 641. The maximum absolute atomic E-state index is 12.5. The van der Waals surface area contributed by atoms with Crippen molar-refractivity contribution in [3.63, 3.8) is 0 Å². The molecule has 25 heavy (non-hydrogen) atoms. The van der Waals surface area contributed by atoms with E-state index in [9.17, 15) is 13.2 Å². The Morgan fingerprint density at radius 3 is 2.44 bits per heavy atom. The maximum atomic E-state index is 12.5. The van der Waals surface area contributed by atoms with Crippen LogP contribution >= 0.6 is 0 Å². The summed E-state index contributed by atoms with van der Waals surface area (Å²) in [6.07, 6.45) is 7.16. The van der Waals surface area contributed by atoms with Crippen LogP contribution in [0.4, 0.5) is 0 Å². The van der Waals surface area contributed by atoms with Gasteiger partial charge in [-0.05, 0) is 38.0 Å². The van der Waals surface area contributed by atoms with Gasteiger partial charge in [0.15, 0.2) is 0 Å². The number of unbranched alkanes of at least 4 members (excludes halogenated alkanes) is 4. The molecule has 0 aromatic heterocycles. The first kappa shape index (κ1) is 21.5. The predicted octanol–water partition coefficient (Wildman–Crippen LogP) is 4.12. The molecule has 1 aromatic carbocycles. The van der Waals surface area contributed by atoms with Gasteiger partial charge < -0.3 is 9.08 Å². The van der Waals surface area contributed by atoms with Crippen molar-refractivity contribution < 1.29 is 17.4 Å². The van der Waals surface area contributed by atoms with Crippen molar-refractivity contribution in [2.24, 2.45) is 0 Å². The lowest BCUT2D eigenvalue weighted by molar-refractivity contribution is -0.133. The van der Waals surface area contributed by atoms with Crippen LogP contribution in [0.1, 0.15) is 64.9 Å². The molecule has 0 unspecified atom stereocenters. The standard InChI is InChI=1S/C19H31NO4S/c1-5-6-7-8-9-13-19(21)20(16(2)3)15-17-11-10-12-18(14-17)24-25(4,22)23/h10-12,14,16H,5-9,13,15H2,1-4H3. The molecule has 0 heterocycles. The van der Waals surface area contributed by atoms with Gasteiger partial charge >= 0.3 is 10.1 Å². The Morgan fingerprint density at radius 2 is 1.84 bits per heavy atom. The normalized spacial score (nSPS) is 11.6. The van der Waals surface area contributed by atoms with E-state index in [1.807, 2.05) is 24.8 Å². The van der Waals surface area contributed by atoms with Gasteiger partial charge in [-0.2, -0.15) is 8.42 Å². The summed E-state index contributed by atoms with van der Waals surface area (Å²) in [6, 6.07) is 6.97. The number of hydrogen-bond donors (Lipinski definition) is 0. The van der Waals surface area contributed by atoms with Crippen molar-refractivity contribution in [2.45, 2.75) is 71.9 Å². The lowest BCUT2D eigenvalue weighted by atomic mass is 10.1. The van der Waals surface area contributed by atoms with E-state index in [-0.39, 0.29) is 17.7 Å². The van der Waals surface area contributed by atoms with Crippen LogP contribution in [0.3, 0.4) is 0 Å². The third-order valence-electron chi connectivity index (χ3n) is 3.94. The first-order chi connectivity index (χ1) is 11.7. The fourth-order valence-electron chi connectivity index (χ4n) is 2.65. The van der Waals surface area contributed by atoms with Gasteiger partial charge in [0, 0.05) is 19.0 Å². The van der Waals surface area contributed by atoms with Crippen LogP contribution in [0.5, 0.6) is 5.75 Å². The molecule has 0 saturated heterocycles. The zero-order valence-corrected chi connectivity index (χ0v) is 16.6. The molecule has 0 bridgehead atoms. The highest BCUT2D eigenvalue weighted by atomic mass is 32.2. The Kier molecular flexibility index (Phi) is 8.97. The zero-order chi connectivity index (χ0) is 18.9. The van der Waals surface area contributed by atoms with Gasteiger partial charge in [0.1, 0.15) is 5.75 Å². The Balaban J connectivity index is 2.68. The molecule has 6 heteroatoms. The molecule has 1 aromatic rings. The highest BCUT2D eigenvalue weighted by Gasteiger charge is 2.17. The van der Waals surface area contributed by atoms with Crippen LogP contribution in [-0.4, -0.2) is 31.5 Å². The molecular weight excluding hydrogens is 338 g/mol. The zero-order valence-electron chi connectivity index (χ0n) is 15.8. The molecule has 0 aliphatic rings. The van der Waals surface area contributed by atoms with E-state index in [4.69, 9.17) is 4.18 Å². The summed E-state index contributed by atoms with van der Waals surface area (Å²) in [5, 5.41) is 0. The van der Waals surface area contributed by atoms with Crippen LogP contribution in [0, 0.1) is 0 Å². The first-order valence-corrected chi connectivity index (χ1v) is 10.8. The van der Waals surface area contributed by atoms with E-state index in [1.165, 1.54) is 19.3 Å². The third-order valence-corrected chi connectivity index (χ3v) is 4.43. The Hall–Kier alpha value is -1.56. The number of rotatable bonds is 11. The molecule has 0 spiro atoms. The molecule has 0 saturated carbocycles. The van der Waals surface area contributed by atoms with E-state index in [2.05, 4.69) is 6.92 Å². The van der Waals surface area contributed by atoms with Gasteiger partial charge in [-0.15, -0.1) is 0 Å². The lowest BCUT2D eigenvalue weighted by Crippen LogP contribution is -2.36. The van der Waals surface area contributed by atoms with Crippen molar-refractivity contribution in [3.8, 4) is 5.75 Å². The topological polar surface area (TPSA) is 63.7 Å². The molecule has 142 valence electrons. The minimum atomic E-state index is -3.56. The third kappa shape index (κ3) is 8.91. The van der Waals surface area contributed by atoms with E-state index >= 15 is 0 Å². The molecular formula is C19H31NO4S. The summed E-state index contributed by atoms with van der Waals surface area (Å²) in [7, 11) is -3.56. The molecule has 0 radical (unpaired) electrons. The van der Waals surface area contributed by atoms with Crippen LogP contribution in [-0.2, 0) is 21.5 Å². The largest absolute Gasteiger partial charge is 0.383 e. The number of amides is 1. The summed E-state index contributed by atoms with van der Waals surface area (Å²) < 4.78 is 27.4. The minimum absolute atomic E-state index is 0.0858. The second-order valence-electron chi connectivity index (χ2n) is 6.71. The molecule has 0 N–H and O–H groups in total. The quantitative estimate of drug-likeness (QED) is 0.435. The van der Waals surface area contributed by atoms with E-state index < -0.39 is 10.1 Å². The molecule has 0 aliphatic heterocycles. The van der Waals surface area contributed by atoms with Crippen LogP contribution in [0.2, 0.25) is 0 Å². The van der Waals surface area contributed by atoms with Crippen molar-refractivity contribution >= 4 is 16.0 Å². The highest BCUT2D eigenvalue weighted by molar-refractivity contribution is 7.86. The first-order valence-electron chi connectivity index (χ1n) is 9.00. The number of benzene rings is 1. The summed E-state index contributed by atoms with van der Waals surface area (Å²) in [5.74, 6) is 0.414. The van der Waals surface area contributed by atoms with Gasteiger partial charge in [-0.1, -0.05) is 44.7 Å². The number of nitrogens with zero attached hydrogens (tertiary/aromatic N) is 1. The Labute approximate surface area is 152 Å². The van der Waals surface area contributed by atoms with Crippen LogP contribution in [0.15, 0.2) is 24.3 Å². The Morgan fingerprint density at radius 1 is 1.16 bits per heavy atom. The average molecular weight is 370 g/mol. The SMILES string of the molecule is CCCCCCCC(=O)N(Cc1cccc(OS(C)(=O)=O)c1)C(C)C. The molecule has 0 aliphatic carbocycles. The number of carbonyl (C=O) groups excluding carboxylic acids is 1. The minimum Gasteiger partial charge on any atom is -0.383 e. The van der Waals surface area contributed by atoms with E-state index in [0.717, 1.165) is 24.7 Å². The molecule has 0 atom stereocenters. The van der Waals surface area contributed by atoms with Crippen LogP contribution < -0.4 is 4.18 Å². The summed E-state index contributed by atoms with van der Waals surface area (Å²) in [6.45, 7) is 6.61. The van der Waals surface area contributed by atoms with E-state index in [1.54, 1.807) is 18.2 Å². The fraction of sp³-hybridized carbons (Fsp3) is 0.632. The lowest BCUT2D eigenvalue weighted by Gasteiger charge is -2.27. The average Bonchev–Trinajstić information content (AvgIpc) is 2.50. The van der Waals surface area contributed by atoms with E-state index in [0.29, 0.717) is 13.0 Å². The van der Waals surface area contributed by atoms with Gasteiger partial charge in [-0.25, -0.2) is 0 Å². The highest BCUT2D eigenvalue weighted by Crippen LogP contribution is 2.18. The number of carbonyl (C=O) groups is 1. The molecule has 5 nitrogen and oxygen atoms in total.